The van der Waals surface area contributed by atoms with Crippen molar-refractivity contribution >= 4 is 11.8 Å². The number of benzene rings is 1. The van der Waals surface area contributed by atoms with Crippen LogP contribution in [-0.4, -0.2) is 64.2 Å². The first kappa shape index (κ1) is 17.2. The number of hydrogen-bond donors (Lipinski definition) is 1. The third-order valence-corrected chi connectivity index (χ3v) is 4.03. The summed E-state index contributed by atoms with van der Waals surface area (Å²) in [7, 11) is 1.94. The molecular formula is C15H16F3N5O2. The van der Waals surface area contributed by atoms with E-state index in [-0.39, 0.29) is 17.2 Å². The number of para-hydroxylation sites is 1. The topological polar surface area (TPSA) is 74.5 Å². The number of likely N-dealkylation sites (N-methyl/N-ethyl adjacent to an activating group) is 1. The van der Waals surface area contributed by atoms with Gasteiger partial charge in [-0.15, -0.1) is 15.0 Å². The maximum absolute atomic E-state index is 13.2. The maximum Gasteiger partial charge on any atom is 0.418 e. The van der Waals surface area contributed by atoms with Crippen molar-refractivity contribution in [2.75, 3.05) is 38.1 Å². The Bertz CT molecular complexity index is 782. The molecule has 0 atom stereocenters. The molecule has 0 amide bonds. The standard InChI is InChI=1S/C15H16F3N5O2/c1-21-6-8-22(9-7-21)13-12(14(24)25)19-23(20-13)11-5-3-2-4-10(11)15(16,17)18/h2-5H,6-9H2,1H3,(H,24,25). The third-order valence-electron chi connectivity index (χ3n) is 4.03. The van der Waals surface area contributed by atoms with Gasteiger partial charge in [0.1, 0.15) is 0 Å². The van der Waals surface area contributed by atoms with Crippen molar-refractivity contribution in [1.82, 2.24) is 19.9 Å². The molecular weight excluding hydrogens is 339 g/mol. The summed E-state index contributed by atoms with van der Waals surface area (Å²) in [6.45, 7) is 2.45. The number of alkyl halides is 3. The van der Waals surface area contributed by atoms with Gasteiger partial charge in [-0.3, -0.25) is 0 Å². The summed E-state index contributed by atoms with van der Waals surface area (Å²) in [6, 6.07) is 4.80. The molecule has 0 unspecified atom stereocenters. The van der Waals surface area contributed by atoms with Crippen LogP contribution in [0.3, 0.4) is 0 Å². The predicted octanol–water partition coefficient (Wildman–Crippen LogP) is 1.74. The summed E-state index contributed by atoms with van der Waals surface area (Å²) in [5.41, 5.74) is -1.59. The smallest absolute Gasteiger partial charge is 0.418 e. The van der Waals surface area contributed by atoms with E-state index < -0.39 is 17.7 Å². The second-order valence-corrected chi connectivity index (χ2v) is 5.77. The minimum Gasteiger partial charge on any atom is -0.476 e. The molecule has 1 aliphatic heterocycles. The molecule has 0 radical (unpaired) electrons. The molecule has 25 heavy (non-hydrogen) atoms. The van der Waals surface area contributed by atoms with Crippen LogP contribution in [0, 0.1) is 0 Å². The molecule has 0 bridgehead atoms. The Balaban J connectivity index is 2.05. The third kappa shape index (κ3) is 3.43. The van der Waals surface area contributed by atoms with Gasteiger partial charge in [0.15, 0.2) is 5.82 Å². The van der Waals surface area contributed by atoms with E-state index in [4.69, 9.17) is 0 Å². The molecule has 2 aromatic rings. The van der Waals surface area contributed by atoms with Crippen molar-refractivity contribution in [2.45, 2.75) is 6.18 Å². The van der Waals surface area contributed by atoms with Gasteiger partial charge < -0.3 is 14.9 Å². The van der Waals surface area contributed by atoms with Crippen molar-refractivity contribution in [3.63, 3.8) is 0 Å². The lowest BCUT2D eigenvalue weighted by atomic mass is 10.2. The summed E-state index contributed by atoms with van der Waals surface area (Å²) in [6.07, 6.45) is -4.60. The van der Waals surface area contributed by atoms with Gasteiger partial charge in [-0.1, -0.05) is 12.1 Å². The zero-order valence-corrected chi connectivity index (χ0v) is 13.4. The number of carbonyl (C=O) groups is 1. The number of hydrogen-bond acceptors (Lipinski definition) is 5. The van der Waals surface area contributed by atoms with Gasteiger partial charge in [-0.25, -0.2) is 4.79 Å². The number of anilines is 1. The molecule has 134 valence electrons. The van der Waals surface area contributed by atoms with Gasteiger partial charge in [0, 0.05) is 26.2 Å². The largest absolute Gasteiger partial charge is 0.476 e. The minimum atomic E-state index is -4.60. The molecule has 10 heteroatoms. The highest BCUT2D eigenvalue weighted by atomic mass is 19.4. The molecule has 1 aromatic carbocycles. The summed E-state index contributed by atoms with van der Waals surface area (Å²) < 4.78 is 39.6. The number of carboxylic acid groups (broad SMARTS) is 1. The van der Waals surface area contributed by atoms with Gasteiger partial charge in [0.05, 0.1) is 11.3 Å². The highest BCUT2D eigenvalue weighted by Gasteiger charge is 2.35. The number of carboxylic acids is 1. The first-order valence-corrected chi connectivity index (χ1v) is 7.58. The molecule has 0 aliphatic carbocycles. The number of halogens is 3. The van der Waals surface area contributed by atoms with Crippen LogP contribution in [0.1, 0.15) is 16.1 Å². The van der Waals surface area contributed by atoms with E-state index in [2.05, 4.69) is 15.1 Å². The molecule has 2 heterocycles. The molecule has 1 aliphatic rings. The molecule has 0 spiro atoms. The van der Waals surface area contributed by atoms with E-state index >= 15 is 0 Å². The fourth-order valence-electron chi connectivity index (χ4n) is 2.66. The molecule has 1 aromatic heterocycles. The number of rotatable bonds is 3. The van der Waals surface area contributed by atoms with Crippen molar-refractivity contribution < 1.29 is 23.1 Å². The quantitative estimate of drug-likeness (QED) is 0.904. The van der Waals surface area contributed by atoms with Gasteiger partial charge in [0.25, 0.3) is 0 Å². The first-order valence-electron chi connectivity index (χ1n) is 7.58. The van der Waals surface area contributed by atoms with Crippen LogP contribution in [0.15, 0.2) is 24.3 Å². The highest BCUT2D eigenvalue weighted by molar-refractivity contribution is 5.91. The summed E-state index contributed by atoms with van der Waals surface area (Å²) in [5.74, 6) is -1.25. The van der Waals surface area contributed by atoms with E-state index in [9.17, 15) is 23.1 Å². The first-order chi connectivity index (χ1) is 11.8. The lowest BCUT2D eigenvalue weighted by Gasteiger charge is -2.32. The second kappa shape index (κ2) is 6.36. The predicted molar refractivity (Wildman–Crippen MR) is 83.0 cm³/mol. The summed E-state index contributed by atoms with van der Waals surface area (Å²) in [4.78, 5) is 16.0. The maximum atomic E-state index is 13.2. The SMILES string of the molecule is CN1CCN(c2nn(-c3ccccc3C(F)(F)F)nc2C(=O)O)CC1. The van der Waals surface area contributed by atoms with Crippen LogP contribution >= 0.6 is 0 Å². The highest BCUT2D eigenvalue weighted by Crippen LogP contribution is 2.33. The van der Waals surface area contributed by atoms with Crippen LogP contribution in [0.2, 0.25) is 0 Å². The van der Waals surface area contributed by atoms with E-state index in [1.54, 1.807) is 4.90 Å². The number of aromatic nitrogens is 3. The Morgan fingerprint density at radius 1 is 1.12 bits per heavy atom. The van der Waals surface area contributed by atoms with E-state index in [0.717, 1.165) is 10.9 Å². The van der Waals surface area contributed by atoms with Gasteiger partial charge in [-0.2, -0.15) is 13.2 Å². The van der Waals surface area contributed by atoms with Crippen molar-refractivity contribution in [2.24, 2.45) is 0 Å². The van der Waals surface area contributed by atoms with E-state index in [0.29, 0.717) is 26.2 Å². The molecule has 1 saturated heterocycles. The monoisotopic (exact) mass is 355 g/mol. The second-order valence-electron chi connectivity index (χ2n) is 5.77. The Labute approximate surface area is 141 Å². The normalized spacial score (nSPS) is 16.2. The lowest BCUT2D eigenvalue weighted by Crippen LogP contribution is -2.45. The molecule has 7 nitrogen and oxygen atoms in total. The molecule has 1 fully saturated rings. The van der Waals surface area contributed by atoms with Crippen LogP contribution < -0.4 is 4.90 Å². The number of aromatic carboxylic acids is 1. The van der Waals surface area contributed by atoms with Crippen LogP contribution in [0.4, 0.5) is 19.0 Å². The Morgan fingerprint density at radius 2 is 1.76 bits per heavy atom. The van der Waals surface area contributed by atoms with Gasteiger partial charge in [0.2, 0.25) is 5.69 Å². The van der Waals surface area contributed by atoms with Gasteiger partial charge in [-0.05, 0) is 19.2 Å². The summed E-state index contributed by atoms with van der Waals surface area (Å²) >= 11 is 0. The molecule has 1 N–H and O–H groups in total. The number of piperazine rings is 1. The lowest BCUT2D eigenvalue weighted by molar-refractivity contribution is -0.137. The fourth-order valence-corrected chi connectivity index (χ4v) is 2.66. The van der Waals surface area contributed by atoms with E-state index in [1.807, 2.05) is 7.05 Å². The Hall–Kier alpha value is -2.62. The van der Waals surface area contributed by atoms with Crippen molar-refractivity contribution in [1.29, 1.82) is 0 Å². The fraction of sp³-hybridized carbons (Fsp3) is 0.400. The number of nitrogens with zero attached hydrogens (tertiary/aromatic N) is 5. The zero-order valence-electron chi connectivity index (χ0n) is 13.4. The molecule has 0 saturated carbocycles. The van der Waals surface area contributed by atoms with E-state index in [1.165, 1.54) is 18.2 Å². The average Bonchev–Trinajstić information content (AvgIpc) is 3.00. The van der Waals surface area contributed by atoms with Crippen LogP contribution in [-0.2, 0) is 6.18 Å². The molecule has 3 rings (SSSR count). The Kier molecular flexibility index (Phi) is 4.38. The van der Waals surface area contributed by atoms with Crippen LogP contribution in [0.5, 0.6) is 0 Å². The van der Waals surface area contributed by atoms with Crippen molar-refractivity contribution in [3.05, 3.63) is 35.5 Å². The average molecular weight is 355 g/mol. The van der Waals surface area contributed by atoms with Gasteiger partial charge >= 0.3 is 12.1 Å². The van der Waals surface area contributed by atoms with Crippen molar-refractivity contribution in [3.8, 4) is 5.69 Å². The summed E-state index contributed by atoms with van der Waals surface area (Å²) in [5, 5.41) is 17.2. The Morgan fingerprint density at radius 3 is 2.36 bits per heavy atom. The van der Waals surface area contributed by atoms with Crippen LogP contribution in [0.25, 0.3) is 5.69 Å². The zero-order chi connectivity index (χ0) is 18.2. The minimum absolute atomic E-state index is 0.0811.